The lowest BCUT2D eigenvalue weighted by Gasteiger charge is -2.07. The van der Waals surface area contributed by atoms with E-state index in [1.807, 2.05) is 47.8 Å². The van der Waals surface area contributed by atoms with Crippen LogP contribution in [0.15, 0.2) is 60.1 Å². The number of aldehydes is 1. The molecule has 0 unspecified atom stereocenters. The van der Waals surface area contributed by atoms with Crippen molar-refractivity contribution in [2.75, 3.05) is 0 Å². The van der Waals surface area contributed by atoms with Gasteiger partial charge in [-0.15, -0.1) is 11.3 Å². The van der Waals surface area contributed by atoms with Crippen LogP contribution in [0.2, 0.25) is 5.02 Å². The van der Waals surface area contributed by atoms with Crippen LogP contribution >= 0.6 is 22.9 Å². The molecule has 0 aliphatic carbocycles. The average molecular weight is 355 g/mol. The molecule has 2 heterocycles. The SMILES string of the molecule is O=Cc1cc(-n2ncc3cc(Oc4ccccc4Cl)ccc32)cs1. The summed E-state index contributed by atoms with van der Waals surface area (Å²) in [4.78, 5) is 11.5. The summed E-state index contributed by atoms with van der Waals surface area (Å²) >= 11 is 7.52. The number of fused-ring (bicyclic) bond motifs is 1. The molecular weight excluding hydrogens is 344 g/mol. The maximum absolute atomic E-state index is 10.9. The minimum atomic E-state index is 0.563. The fourth-order valence-electron chi connectivity index (χ4n) is 2.45. The van der Waals surface area contributed by atoms with E-state index in [0.29, 0.717) is 21.4 Å². The van der Waals surface area contributed by atoms with Crippen LogP contribution in [0.5, 0.6) is 11.5 Å². The normalized spacial score (nSPS) is 10.9. The Bertz CT molecular complexity index is 1040. The quantitative estimate of drug-likeness (QED) is 0.464. The summed E-state index contributed by atoms with van der Waals surface area (Å²) in [6.45, 7) is 0. The lowest BCUT2D eigenvalue weighted by atomic mass is 10.2. The van der Waals surface area contributed by atoms with Crippen LogP contribution in [0.4, 0.5) is 0 Å². The Hall–Kier alpha value is -2.63. The van der Waals surface area contributed by atoms with E-state index in [1.54, 1.807) is 16.9 Å². The summed E-state index contributed by atoms with van der Waals surface area (Å²) in [6, 6.07) is 14.9. The van der Waals surface area contributed by atoms with E-state index in [-0.39, 0.29) is 0 Å². The van der Waals surface area contributed by atoms with Crippen molar-refractivity contribution in [1.29, 1.82) is 0 Å². The molecule has 0 bridgehead atoms. The lowest BCUT2D eigenvalue weighted by Crippen LogP contribution is -1.93. The number of hydrogen-bond acceptors (Lipinski definition) is 4. The van der Waals surface area contributed by atoms with Crippen molar-refractivity contribution in [1.82, 2.24) is 9.78 Å². The van der Waals surface area contributed by atoms with Crippen LogP contribution in [-0.4, -0.2) is 16.1 Å². The maximum atomic E-state index is 10.9. The standard InChI is InChI=1S/C18H11ClN2O2S/c19-16-3-1-2-4-18(16)23-14-5-6-17-12(7-14)9-20-21(17)13-8-15(10-22)24-11-13/h1-11H. The Balaban J connectivity index is 1.70. The predicted octanol–water partition coefficient (Wildman–Crippen LogP) is 5.35. The molecule has 6 heteroatoms. The van der Waals surface area contributed by atoms with Gasteiger partial charge in [0.1, 0.15) is 11.5 Å². The van der Waals surface area contributed by atoms with Crippen molar-refractivity contribution in [3.05, 3.63) is 70.0 Å². The third-order valence-corrected chi connectivity index (χ3v) is 4.73. The fraction of sp³-hybridized carbons (Fsp3) is 0. The molecule has 0 N–H and O–H groups in total. The van der Waals surface area contributed by atoms with E-state index in [2.05, 4.69) is 5.10 Å². The molecule has 0 spiro atoms. The van der Waals surface area contributed by atoms with E-state index < -0.39 is 0 Å². The number of halogens is 1. The first kappa shape index (κ1) is 14.9. The van der Waals surface area contributed by atoms with E-state index in [0.717, 1.165) is 22.9 Å². The number of thiophene rings is 1. The van der Waals surface area contributed by atoms with Gasteiger partial charge in [0.25, 0.3) is 0 Å². The molecule has 0 aliphatic heterocycles. The Kier molecular flexibility index (Phi) is 3.80. The third kappa shape index (κ3) is 2.68. The summed E-state index contributed by atoms with van der Waals surface area (Å²) in [6.07, 6.45) is 2.61. The molecule has 118 valence electrons. The van der Waals surface area contributed by atoms with Crippen molar-refractivity contribution < 1.29 is 9.53 Å². The van der Waals surface area contributed by atoms with Crippen LogP contribution in [0, 0.1) is 0 Å². The third-order valence-electron chi connectivity index (χ3n) is 3.57. The second-order valence-electron chi connectivity index (χ2n) is 5.13. The molecule has 2 aromatic heterocycles. The summed E-state index contributed by atoms with van der Waals surface area (Å²) in [5.74, 6) is 1.30. The highest BCUT2D eigenvalue weighted by atomic mass is 35.5. The predicted molar refractivity (Wildman–Crippen MR) is 95.9 cm³/mol. The van der Waals surface area contributed by atoms with Crippen molar-refractivity contribution in [3.8, 4) is 17.2 Å². The van der Waals surface area contributed by atoms with Gasteiger partial charge in [-0.05, 0) is 36.4 Å². The van der Waals surface area contributed by atoms with Gasteiger partial charge in [-0.1, -0.05) is 23.7 Å². The first-order valence-corrected chi connectivity index (χ1v) is 8.44. The summed E-state index contributed by atoms with van der Waals surface area (Å²) in [5.41, 5.74) is 1.81. The lowest BCUT2D eigenvalue weighted by molar-refractivity contribution is 0.112. The van der Waals surface area contributed by atoms with Crippen molar-refractivity contribution in [3.63, 3.8) is 0 Å². The van der Waals surface area contributed by atoms with Crippen molar-refractivity contribution in [2.24, 2.45) is 0 Å². The van der Waals surface area contributed by atoms with Gasteiger partial charge in [-0.2, -0.15) is 5.10 Å². The van der Waals surface area contributed by atoms with Crippen LogP contribution < -0.4 is 4.74 Å². The van der Waals surface area contributed by atoms with Gasteiger partial charge < -0.3 is 4.74 Å². The number of carbonyl (C=O) groups excluding carboxylic acids is 1. The minimum Gasteiger partial charge on any atom is -0.456 e. The summed E-state index contributed by atoms with van der Waals surface area (Å²) in [7, 11) is 0. The van der Waals surface area contributed by atoms with Gasteiger partial charge in [0, 0.05) is 10.8 Å². The van der Waals surface area contributed by atoms with Gasteiger partial charge in [0.15, 0.2) is 6.29 Å². The molecule has 0 saturated carbocycles. The number of rotatable bonds is 4. The molecule has 2 aromatic carbocycles. The average Bonchev–Trinajstić information content (AvgIpc) is 3.22. The number of aromatic nitrogens is 2. The van der Waals surface area contributed by atoms with E-state index in [4.69, 9.17) is 16.3 Å². The Morgan fingerprint density at radius 3 is 2.83 bits per heavy atom. The highest BCUT2D eigenvalue weighted by Crippen LogP contribution is 2.31. The monoisotopic (exact) mass is 354 g/mol. The van der Waals surface area contributed by atoms with Gasteiger partial charge in [0.05, 0.1) is 27.3 Å². The largest absolute Gasteiger partial charge is 0.456 e. The van der Waals surface area contributed by atoms with Gasteiger partial charge in [0.2, 0.25) is 0 Å². The maximum Gasteiger partial charge on any atom is 0.160 e. The van der Waals surface area contributed by atoms with Crippen molar-refractivity contribution in [2.45, 2.75) is 0 Å². The number of benzene rings is 2. The minimum absolute atomic E-state index is 0.563. The molecule has 0 aliphatic rings. The zero-order valence-corrected chi connectivity index (χ0v) is 13.9. The molecule has 4 nitrogen and oxygen atoms in total. The molecule has 0 amide bonds. The summed E-state index contributed by atoms with van der Waals surface area (Å²) in [5, 5.41) is 7.82. The smallest absolute Gasteiger partial charge is 0.160 e. The number of hydrogen-bond donors (Lipinski definition) is 0. The highest BCUT2D eigenvalue weighted by molar-refractivity contribution is 7.12. The van der Waals surface area contributed by atoms with Crippen LogP contribution in [-0.2, 0) is 0 Å². The molecular formula is C18H11ClN2O2S. The Labute approximate surface area is 146 Å². The van der Waals surface area contributed by atoms with Crippen LogP contribution in [0.3, 0.4) is 0 Å². The topological polar surface area (TPSA) is 44.1 Å². The molecule has 0 fully saturated rings. The van der Waals surface area contributed by atoms with Crippen LogP contribution in [0.1, 0.15) is 9.67 Å². The van der Waals surface area contributed by atoms with E-state index >= 15 is 0 Å². The number of carbonyl (C=O) groups is 1. The number of nitrogens with zero attached hydrogens (tertiary/aromatic N) is 2. The van der Waals surface area contributed by atoms with Crippen molar-refractivity contribution >= 4 is 40.1 Å². The van der Waals surface area contributed by atoms with Gasteiger partial charge in [-0.25, -0.2) is 4.68 Å². The zero-order valence-electron chi connectivity index (χ0n) is 12.3. The molecule has 0 atom stereocenters. The fourth-order valence-corrected chi connectivity index (χ4v) is 3.29. The highest BCUT2D eigenvalue weighted by Gasteiger charge is 2.09. The molecule has 0 radical (unpaired) electrons. The van der Waals surface area contributed by atoms with Gasteiger partial charge in [-0.3, -0.25) is 4.79 Å². The second kappa shape index (κ2) is 6.11. The second-order valence-corrected chi connectivity index (χ2v) is 6.48. The first-order chi connectivity index (χ1) is 11.7. The first-order valence-electron chi connectivity index (χ1n) is 7.19. The van der Waals surface area contributed by atoms with E-state index in [1.165, 1.54) is 11.3 Å². The number of ether oxygens (including phenoxy) is 1. The molecule has 24 heavy (non-hydrogen) atoms. The Morgan fingerprint density at radius 2 is 2.04 bits per heavy atom. The molecule has 4 aromatic rings. The molecule has 0 saturated heterocycles. The summed E-state index contributed by atoms with van der Waals surface area (Å²) < 4.78 is 7.64. The Morgan fingerprint density at radius 1 is 1.17 bits per heavy atom. The zero-order chi connectivity index (χ0) is 16.5. The van der Waals surface area contributed by atoms with E-state index in [9.17, 15) is 4.79 Å². The van der Waals surface area contributed by atoms with Gasteiger partial charge >= 0.3 is 0 Å². The number of para-hydroxylation sites is 1. The molecule has 4 rings (SSSR count). The van der Waals surface area contributed by atoms with Crippen LogP contribution in [0.25, 0.3) is 16.6 Å².